The molecule has 1 rings (SSSR count). The van der Waals surface area contributed by atoms with E-state index in [0.29, 0.717) is 0 Å². The van der Waals surface area contributed by atoms with Gasteiger partial charge in [0.2, 0.25) is 5.79 Å². The maximum Gasteiger partial charge on any atom is 0.216 e. The van der Waals surface area contributed by atoms with Gasteiger partial charge in [-0.1, -0.05) is 0 Å². The SMILES string of the molecule is OC[C@H]1OCC(O)(O)C1O. The van der Waals surface area contributed by atoms with E-state index in [4.69, 9.17) is 20.4 Å². The van der Waals surface area contributed by atoms with Gasteiger partial charge in [-0.15, -0.1) is 0 Å². The van der Waals surface area contributed by atoms with Crippen LogP contribution < -0.4 is 0 Å². The Bertz CT molecular complexity index is 123. The van der Waals surface area contributed by atoms with Gasteiger partial charge in [0.25, 0.3) is 0 Å². The first-order chi connectivity index (χ1) is 4.58. The maximum absolute atomic E-state index is 8.93. The Hall–Kier alpha value is -0.200. The largest absolute Gasteiger partial charge is 0.394 e. The summed E-state index contributed by atoms with van der Waals surface area (Å²) in [5.74, 6) is -2.20. The molecule has 0 aromatic rings. The van der Waals surface area contributed by atoms with Crippen molar-refractivity contribution in [1.29, 1.82) is 0 Å². The second-order valence-electron chi connectivity index (χ2n) is 2.36. The highest BCUT2D eigenvalue weighted by molar-refractivity contribution is 4.88. The van der Waals surface area contributed by atoms with Crippen LogP contribution in [0.25, 0.3) is 0 Å². The number of hydrogen-bond donors (Lipinski definition) is 4. The fourth-order valence-electron chi connectivity index (χ4n) is 0.856. The van der Waals surface area contributed by atoms with Crippen molar-refractivity contribution in [3.8, 4) is 0 Å². The number of aliphatic hydroxyl groups is 4. The molecule has 1 fully saturated rings. The minimum absolute atomic E-state index is 0.362. The quantitative estimate of drug-likeness (QED) is 0.308. The molecule has 0 saturated carbocycles. The van der Waals surface area contributed by atoms with E-state index in [1.165, 1.54) is 0 Å². The van der Waals surface area contributed by atoms with Crippen LogP contribution in [0.2, 0.25) is 0 Å². The number of aliphatic hydroxyl groups excluding tert-OH is 2. The molecule has 10 heavy (non-hydrogen) atoms. The van der Waals surface area contributed by atoms with E-state index in [2.05, 4.69) is 4.74 Å². The molecule has 5 heteroatoms. The van der Waals surface area contributed by atoms with Crippen molar-refractivity contribution in [3.63, 3.8) is 0 Å². The molecule has 1 saturated heterocycles. The Morgan fingerprint density at radius 2 is 2.10 bits per heavy atom. The van der Waals surface area contributed by atoms with Gasteiger partial charge in [-0.05, 0) is 0 Å². The summed E-state index contributed by atoms with van der Waals surface area (Å²) >= 11 is 0. The van der Waals surface area contributed by atoms with E-state index in [9.17, 15) is 0 Å². The summed E-state index contributed by atoms with van der Waals surface area (Å²) in [6.45, 7) is -0.774. The van der Waals surface area contributed by atoms with E-state index in [1.807, 2.05) is 0 Å². The maximum atomic E-state index is 8.93. The molecule has 1 aliphatic rings. The molecule has 0 aliphatic carbocycles. The lowest BCUT2D eigenvalue weighted by atomic mass is 10.1. The van der Waals surface area contributed by atoms with E-state index in [-0.39, 0.29) is 6.61 Å². The zero-order chi connectivity index (χ0) is 7.78. The van der Waals surface area contributed by atoms with Gasteiger partial charge < -0.3 is 25.2 Å². The van der Waals surface area contributed by atoms with Crippen molar-refractivity contribution in [1.82, 2.24) is 0 Å². The molecule has 1 heterocycles. The zero-order valence-corrected chi connectivity index (χ0v) is 5.27. The first-order valence-electron chi connectivity index (χ1n) is 2.93. The lowest BCUT2D eigenvalue weighted by molar-refractivity contribution is -0.205. The fraction of sp³-hybridized carbons (Fsp3) is 1.00. The Morgan fingerprint density at radius 3 is 2.30 bits per heavy atom. The molecule has 1 aliphatic heterocycles. The first kappa shape index (κ1) is 7.90. The van der Waals surface area contributed by atoms with Crippen molar-refractivity contribution < 1.29 is 25.2 Å². The first-order valence-corrected chi connectivity index (χ1v) is 2.93. The average Bonchev–Trinajstić information content (AvgIpc) is 2.10. The van der Waals surface area contributed by atoms with Crippen LogP contribution in [-0.2, 0) is 4.74 Å². The van der Waals surface area contributed by atoms with Gasteiger partial charge >= 0.3 is 0 Å². The highest BCUT2D eigenvalue weighted by atomic mass is 16.6. The van der Waals surface area contributed by atoms with Crippen LogP contribution >= 0.6 is 0 Å². The molecule has 0 aromatic heterocycles. The third-order valence-electron chi connectivity index (χ3n) is 1.52. The van der Waals surface area contributed by atoms with Gasteiger partial charge in [0, 0.05) is 0 Å². The molecule has 4 N–H and O–H groups in total. The highest BCUT2D eigenvalue weighted by Gasteiger charge is 2.46. The van der Waals surface area contributed by atoms with Crippen LogP contribution in [0.15, 0.2) is 0 Å². The number of rotatable bonds is 1. The Labute approximate surface area is 57.5 Å². The monoisotopic (exact) mass is 150 g/mol. The van der Waals surface area contributed by atoms with Gasteiger partial charge in [0.05, 0.1) is 6.61 Å². The summed E-state index contributed by atoms with van der Waals surface area (Å²) < 4.78 is 4.63. The number of hydrogen-bond acceptors (Lipinski definition) is 5. The van der Waals surface area contributed by atoms with E-state index >= 15 is 0 Å². The normalized spacial score (nSPS) is 38.4. The molecular weight excluding hydrogens is 140 g/mol. The predicted octanol–water partition coefficient (Wildman–Crippen LogP) is -2.58. The average molecular weight is 150 g/mol. The standard InChI is InChI=1S/C5H10O5/c6-1-3-4(7)5(8,9)2-10-3/h3-4,6-9H,1-2H2/t3-,4?/m1/s1. The Morgan fingerprint density at radius 1 is 1.50 bits per heavy atom. The summed E-state index contributed by atoms with van der Waals surface area (Å²) in [7, 11) is 0. The minimum Gasteiger partial charge on any atom is -0.394 e. The molecule has 0 aromatic carbocycles. The summed E-state index contributed by atoms with van der Waals surface area (Å²) in [4.78, 5) is 0. The molecule has 1 unspecified atom stereocenters. The zero-order valence-electron chi connectivity index (χ0n) is 5.27. The van der Waals surface area contributed by atoms with Crippen molar-refractivity contribution in [2.45, 2.75) is 18.0 Å². The van der Waals surface area contributed by atoms with Gasteiger partial charge in [-0.2, -0.15) is 0 Å². The van der Waals surface area contributed by atoms with Gasteiger partial charge in [-0.3, -0.25) is 0 Å². The Balaban J connectivity index is 2.58. The fourth-order valence-corrected chi connectivity index (χ4v) is 0.856. The molecule has 0 spiro atoms. The lowest BCUT2D eigenvalue weighted by Crippen LogP contribution is -2.44. The third-order valence-corrected chi connectivity index (χ3v) is 1.52. The topological polar surface area (TPSA) is 90.2 Å². The molecule has 5 nitrogen and oxygen atoms in total. The smallest absolute Gasteiger partial charge is 0.216 e. The number of ether oxygens (including phenoxy) is 1. The second-order valence-corrected chi connectivity index (χ2v) is 2.36. The van der Waals surface area contributed by atoms with Crippen LogP contribution in [0.1, 0.15) is 0 Å². The molecule has 60 valence electrons. The minimum atomic E-state index is -2.20. The summed E-state index contributed by atoms with van der Waals surface area (Å²) in [5.41, 5.74) is 0. The molecule has 0 bridgehead atoms. The molecule has 0 amide bonds. The van der Waals surface area contributed by atoms with Crippen molar-refractivity contribution in [2.75, 3.05) is 13.2 Å². The second kappa shape index (κ2) is 2.44. The lowest BCUT2D eigenvalue weighted by Gasteiger charge is -2.18. The van der Waals surface area contributed by atoms with Crippen molar-refractivity contribution in [2.24, 2.45) is 0 Å². The van der Waals surface area contributed by atoms with Crippen LogP contribution in [0.4, 0.5) is 0 Å². The summed E-state index contributed by atoms with van der Waals surface area (Å²) in [5, 5.41) is 35.1. The van der Waals surface area contributed by atoms with E-state index in [0.717, 1.165) is 0 Å². The molecule has 0 radical (unpaired) electrons. The summed E-state index contributed by atoms with van der Waals surface area (Å²) in [6.07, 6.45) is -2.30. The molecule has 2 atom stereocenters. The van der Waals surface area contributed by atoms with Crippen molar-refractivity contribution in [3.05, 3.63) is 0 Å². The molecular formula is C5H10O5. The summed E-state index contributed by atoms with van der Waals surface area (Å²) in [6, 6.07) is 0. The van der Waals surface area contributed by atoms with E-state index < -0.39 is 24.6 Å². The van der Waals surface area contributed by atoms with Gasteiger partial charge in [0.15, 0.2) is 0 Å². The highest BCUT2D eigenvalue weighted by Crippen LogP contribution is 2.21. The van der Waals surface area contributed by atoms with Crippen LogP contribution in [0.3, 0.4) is 0 Å². The van der Waals surface area contributed by atoms with Gasteiger partial charge in [-0.25, -0.2) is 0 Å². The van der Waals surface area contributed by atoms with Crippen LogP contribution in [-0.4, -0.2) is 51.6 Å². The van der Waals surface area contributed by atoms with Crippen LogP contribution in [0.5, 0.6) is 0 Å². The van der Waals surface area contributed by atoms with E-state index in [1.54, 1.807) is 0 Å². The Kier molecular flexibility index (Phi) is 1.93. The predicted molar refractivity (Wildman–Crippen MR) is 30.0 cm³/mol. The van der Waals surface area contributed by atoms with Crippen molar-refractivity contribution >= 4 is 0 Å². The van der Waals surface area contributed by atoms with Gasteiger partial charge in [0.1, 0.15) is 18.8 Å². The third kappa shape index (κ3) is 1.14. The van der Waals surface area contributed by atoms with Crippen LogP contribution in [0, 0.1) is 0 Å².